The summed E-state index contributed by atoms with van der Waals surface area (Å²) < 4.78 is 5.66. The van der Waals surface area contributed by atoms with E-state index in [0.29, 0.717) is 15.8 Å². The van der Waals surface area contributed by atoms with Crippen LogP contribution in [-0.2, 0) is 0 Å². The molecule has 0 aliphatic heterocycles. The topological polar surface area (TPSA) is 72.3 Å². The highest BCUT2D eigenvalue weighted by atomic mass is 32.2. The number of pyridine rings is 2. The van der Waals surface area contributed by atoms with Gasteiger partial charge >= 0.3 is 5.97 Å². The average molecular weight is 290 g/mol. The molecule has 1 N–H and O–H groups in total. The van der Waals surface area contributed by atoms with Crippen molar-refractivity contribution in [2.75, 3.05) is 0 Å². The van der Waals surface area contributed by atoms with Gasteiger partial charge in [0, 0.05) is 12.4 Å². The Labute approximate surface area is 121 Å². The third-order valence-corrected chi connectivity index (χ3v) is 3.31. The molecule has 6 heteroatoms. The maximum atomic E-state index is 11.2. The molecule has 0 bridgehead atoms. The van der Waals surface area contributed by atoms with Crippen LogP contribution in [0.4, 0.5) is 0 Å². The number of hydrogen-bond donors (Lipinski definition) is 1. The molecule has 2 rings (SSSR count). The van der Waals surface area contributed by atoms with Gasteiger partial charge in [-0.1, -0.05) is 0 Å². The molecule has 0 spiro atoms. The molecular formula is C14H14N2O3S. The van der Waals surface area contributed by atoms with Crippen LogP contribution in [0.1, 0.15) is 24.2 Å². The van der Waals surface area contributed by atoms with Crippen LogP contribution in [0.25, 0.3) is 0 Å². The molecule has 2 aromatic rings. The van der Waals surface area contributed by atoms with Crippen LogP contribution >= 0.6 is 11.8 Å². The van der Waals surface area contributed by atoms with Gasteiger partial charge < -0.3 is 9.84 Å². The van der Waals surface area contributed by atoms with Crippen molar-refractivity contribution in [2.24, 2.45) is 0 Å². The SMILES string of the molecule is CC(C)Oc1cccnc1Sc1ncccc1C(=O)O. The number of carboxylic acid groups (broad SMARTS) is 1. The molecule has 0 fully saturated rings. The van der Waals surface area contributed by atoms with Crippen molar-refractivity contribution < 1.29 is 14.6 Å². The number of ether oxygens (including phenoxy) is 1. The Balaban J connectivity index is 2.33. The normalized spacial score (nSPS) is 10.6. The third-order valence-electron chi connectivity index (χ3n) is 2.29. The van der Waals surface area contributed by atoms with Gasteiger partial charge in [-0.15, -0.1) is 0 Å². The lowest BCUT2D eigenvalue weighted by molar-refractivity contribution is 0.0692. The second-order valence-electron chi connectivity index (χ2n) is 4.24. The smallest absolute Gasteiger partial charge is 0.338 e. The molecule has 0 aliphatic rings. The van der Waals surface area contributed by atoms with E-state index in [1.165, 1.54) is 17.8 Å². The van der Waals surface area contributed by atoms with Gasteiger partial charge in [0.25, 0.3) is 0 Å². The van der Waals surface area contributed by atoms with E-state index in [4.69, 9.17) is 9.84 Å². The Bertz CT molecular complexity index is 617. The predicted octanol–water partition coefficient (Wildman–Crippen LogP) is 3.11. The highest BCUT2D eigenvalue weighted by molar-refractivity contribution is 7.99. The fraction of sp³-hybridized carbons (Fsp3) is 0.214. The summed E-state index contributed by atoms with van der Waals surface area (Å²) in [6.07, 6.45) is 3.21. The second-order valence-corrected chi connectivity index (χ2v) is 5.21. The first-order valence-corrected chi connectivity index (χ1v) is 6.87. The highest BCUT2D eigenvalue weighted by Crippen LogP contribution is 2.33. The van der Waals surface area contributed by atoms with Crippen LogP contribution < -0.4 is 4.74 Å². The molecular weight excluding hydrogens is 276 g/mol. The van der Waals surface area contributed by atoms with Crippen molar-refractivity contribution in [2.45, 2.75) is 30.0 Å². The van der Waals surface area contributed by atoms with Gasteiger partial charge in [-0.25, -0.2) is 14.8 Å². The van der Waals surface area contributed by atoms with Crippen LogP contribution in [0.5, 0.6) is 5.75 Å². The number of rotatable bonds is 5. The van der Waals surface area contributed by atoms with E-state index in [1.807, 2.05) is 13.8 Å². The molecule has 20 heavy (non-hydrogen) atoms. The summed E-state index contributed by atoms with van der Waals surface area (Å²) in [6.45, 7) is 3.84. The summed E-state index contributed by atoms with van der Waals surface area (Å²) in [5, 5.41) is 10.1. The van der Waals surface area contributed by atoms with E-state index in [-0.39, 0.29) is 11.7 Å². The summed E-state index contributed by atoms with van der Waals surface area (Å²) in [6, 6.07) is 6.69. The first-order chi connectivity index (χ1) is 9.58. The molecule has 104 valence electrons. The highest BCUT2D eigenvalue weighted by Gasteiger charge is 2.15. The van der Waals surface area contributed by atoms with Gasteiger partial charge in [0.15, 0.2) is 5.75 Å². The monoisotopic (exact) mass is 290 g/mol. The second kappa shape index (κ2) is 6.38. The summed E-state index contributed by atoms with van der Waals surface area (Å²) in [4.78, 5) is 19.5. The van der Waals surface area contributed by atoms with Crippen LogP contribution in [0.3, 0.4) is 0 Å². The van der Waals surface area contributed by atoms with Crippen molar-refractivity contribution in [3.05, 3.63) is 42.2 Å². The minimum Gasteiger partial charge on any atom is -0.488 e. The summed E-state index contributed by atoms with van der Waals surface area (Å²) in [5.41, 5.74) is 0.152. The number of carbonyl (C=O) groups is 1. The van der Waals surface area contributed by atoms with Gasteiger partial charge in [0.05, 0.1) is 11.7 Å². The lowest BCUT2D eigenvalue weighted by atomic mass is 10.3. The van der Waals surface area contributed by atoms with E-state index in [2.05, 4.69) is 9.97 Å². The molecule has 2 heterocycles. The predicted molar refractivity (Wildman–Crippen MR) is 75.3 cm³/mol. The third kappa shape index (κ3) is 3.48. The Morgan fingerprint density at radius 1 is 1.20 bits per heavy atom. The van der Waals surface area contributed by atoms with E-state index in [9.17, 15) is 4.79 Å². The van der Waals surface area contributed by atoms with Crippen molar-refractivity contribution in [1.29, 1.82) is 0 Å². The van der Waals surface area contributed by atoms with Crippen LogP contribution in [0, 0.1) is 0 Å². The van der Waals surface area contributed by atoms with Crippen molar-refractivity contribution >= 4 is 17.7 Å². The van der Waals surface area contributed by atoms with Crippen LogP contribution in [-0.4, -0.2) is 27.1 Å². The van der Waals surface area contributed by atoms with Crippen molar-refractivity contribution in [3.63, 3.8) is 0 Å². The van der Waals surface area contributed by atoms with Gasteiger partial charge in [-0.3, -0.25) is 0 Å². The minimum absolute atomic E-state index is 0.0150. The molecule has 0 aliphatic carbocycles. The molecule has 0 radical (unpaired) electrons. The summed E-state index contributed by atoms with van der Waals surface area (Å²) >= 11 is 1.18. The molecule has 0 saturated heterocycles. The molecule has 0 aromatic carbocycles. The van der Waals surface area contributed by atoms with E-state index in [1.54, 1.807) is 30.6 Å². The van der Waals surface area contributed by atoms with Crippen LogP contribution in [0.15, 0.2) is 46.7 Å². The Morgan fingerprint density at radius 3 is 2.50 bits per heavy atom. The summed E-state index contributed by atoms with van der Waals surface area (Å²) in [5.74, 6) is -0.391. The molecule has 0 saturated carbocycles. The molecule has 2 aromatic heterocycles. The number of aromatic nitrogens is 2. The Hall–Kier alpha value is -2.08. The zero-order chi connectivity index (χ0) is 14.5. The largest absolute Gasteiger partial charge is 0.488 e. The van der Waals surface area contributed by atoms with E-state index in [0.717, 1.165) is 0 Å². The number of aromatic carboxylic acids is 1. The van der Waals surface area contributed by atoms with E-state index >= 15 is 0 Å². The lowest BCUT2D eigenvalue weighted by Crippen LogP contribution is -2.07. The molecule has 0 amide bonds. The average Bonchev–Trinajstić information content (AvgIpc) is 2.41. The lowest BCUT2D eigenvalue weighted by Gasteiger charge is -2.12. The maximum Gasteiger partial charge on any atom is 0.338 e. The molecule has 0 atom stereocenters. The van der Waals surface area contributed by atoms with Crippen LogP contribution in [0.2, 0.25) is 0 Å². The van der Waals surface area contributed by atoms with E-state index < -0.39 is 5.97 Å². The van der Waals surface area contributed by atoms with Gasteiger partial charge in [0.2, 0.25) is 0 Å². The number of carboxylic acids is 1. The first kappa shape index (κ1) is 14.3. The fourth-order valence-corrected chi connectivity index (χ4v) is 2.42. The van der Waals surface area contributed by atoms with Gasteiger partial charge in [-0.2, -0.15) is 0 Å². The maximum absolute atomic E-state index is 11.2. The van der Waals surface area contributed by atoms with Crippen molar-refractivity contribution in [3.8, 4) is 5.75 Å². The number of hydrogen-bond acceptors (Lipinski definition) is 5. The zero-order valence-electron chi connectivity index (χ0n) is 11.1. The Kier molecular flexibility index (Phi) is 4.57. The molecule has 5 nitrogen and oxygen atoms in total. The minimum atomic E-state index is -1.01. The summed E-state index contributed by atoms with van der Waals surface area (Å²) in [7, 11) is 0. The van der Waals surface area contributed by atoms with Gasteiger partial charge in [-0.05, 0) is 49.9 Å². The van der Waals surface area contributed by atoms with Crippen molar-refractivity contribution in [1.82, 2.24) is 9.97 Å². The molecule has 0 unspecified atom stereocenters. The zero-order valence-corrected chi connectivity index (χ0v) is 11.9. The number of nitrogens with zero attached hydrogens (tertiary/aromatic N) is 2. The Morgan fingerprint density at radius 2 is 1.85 bits per heavy atom. The fourth-order valence-electron chi connectivity index (χ4n) is 1.52. The standard InChI is InChI=1S/C14H14N2O3S/c1-9(2)19-11-6-4-8-16-13(11)20-12-10(14(17)18)5-3-7-15-12/h3-9H,1-2H3,(H,17,18). The quantitative estimate of drug-likeness (QED) is 0.912. The van der Waals surface area contributed by atoms with Gasteiger partial charge in [0.1, 0.15) is 10.1 Å². The first-order valence-electron chi connectivity index (χ1n) is 6.05.